The van der Waals surface area contributed by atoms with E-state index in [2.05, 4.69) is 0 Å². The van der Waals surface area contributed by atoms with Crippen LogP contribution in [-0.4, -0.2) is 23.4 Å². The van der Waals surface area contributed by atoms with Crippen molar-refractivity contribution in [2.75, 3.05) is 13.2 Å². The maximum absolute atomic E-state index is 8.43. The molecule has 0 aliphatic carbocycles. The summed E-state index contributed by atoms with van der Waals surface area (Å²) in [5.41, 5.74) is -0.306. The SMILES string of the molecule is CC.CC(C)(CO)CO. The Balaban J connectivity index is 0. The minimum atomic E-state index is -0.306. The van der Waals surface area contributed by atoms with E-state index in [9.17, 15) is 0 Å². The first-order valence-corrected chi connectivity index (χ1v) is 3.34. The van der Waals surface area contributed by atoms with E-state index in [1.54, 1.807) is 13.8 Å². The molecule has 0 atom stereocenters. The molecule has 0 saturated heterocycles. The lowest BCUT2D eigenvalue weighted by atomic mass is 9.97. The smallest absolute Gasteiger partial charge is 0.0504 e. The standard InChI is InChI=1S/C5H12O2.C2H6/c1-5(2,3-6)4-7;1-2/h6-7H,3-4H2,1-2H3;1-2H3. The number of hydrogen-bond acceptors (Lipinski definition) is 2. The molecule has 0 heterocycles. The van der Waals surface area contributed by atoms with Crippen LogP contribution in [0.15, 0.2) is 0 Å². The Morgan fingerprint density at radius 1 is 1.00 bits per heavy atom. The molecule has 2 nitrogen and oxygen atoms in total. The minimum absolute atomic E-state index is 0.0451. The molecule has 0 aliphatic rings. The monoisotopic (exact) mass is 134 g/mol. The summed E-state index contributed by atoms with van der Waals surface area (Å²) in [4.78, 5) is 0. The van der Waals surface area contributed by atoms with Gasteiger partial charge in [-0.25, -0.2) is 0 Å². The normalized spacial score (nSPS) is 10.0. The fraction of sp³-hybridized carbons (Fsp3) is 1.00. The first-order valence-electron chi connectivity index (χ1n) is 3.34. The lowest BCUT2D eigenvalue weighted by Crippen LogP contribution is -2.20. The topological polar surface area (TPSA) is 40.5 Å². The molecule has 0 radical (unpaired) electrons. The van der Waals surface area contributed by atoms with Crippen molar-refractivity contribution in [3.8, 4) is 0 Å². The molecule has 0 bridgehead atoms. The van der Waals surface area contributed by atoms with Gasteiger partial charge in [-0.1, -0.05) is 27.7 Å². The van der Waals surface area contributed by atoms with Gasteiger partial charge in [0.1, 0.15) is 0 Å². The van der Waals surface area contributed by atoms with Gasteiger partial charge in [0, 0.05) is 5.41 Å². The molecule has 0 rings (SSSR count). The molecule has 2 heteroatoms. The summed E-state index contributed by atoms with van der Waals surface area (Å²) in [6.07, 6.45) is 0. The van der Waals surface area contributed by atoms with E-state index in [0.717, 1.165) is 0 Å². The van der Waals surface area contributed by atoms with Crippen molar-refractivity contribution in [1.82, 2.24) is 0 Å². The fourth-order valence-electron chi connectivity index (χ4n) is 0.0500. The van der Waals surface area contributed by atoms with Gasteiger partial charge in [-0.05, 0) is 0 Å². The second-order valence-electron chi connectivity index (χ2n) is 2.48. The van der Waals surface area contributed by atoms with Crippen LogP contribution in [0.3, 0.4) is 0 Å². The van der Waals surface area contributed by atoms with Crippen molar-refractivity contribution < 1.29 is 10.2 Å². The molecule has 0 aliphatic heterocycles. The lowest BCUT2D eigenvalue weighted by molar-refractivity contribution is 0.0857. The van der Waals surface area contributed by atoms with Crippen LogP contribution in [0.1, 0.15) is 27.7 Å². The Hall–Kier alpha value is -0.0800. The molecule has 58 valence electrons. The molecule has 0 aromatic heterocycles. The van der Waals surface area contributed by atoms with Gasteiger partial charge < -0.3 is 10.2 Å². The van der Waals surface area contributed by atoms with Crippen molar-refractivity contribution in [2.45, 2.75) is 27.7 Å². The zero-order valence-corrected chi connectivity index (χ0v) is 6.81. The third kappa shape index (κ3) is 7.92. The number of aliphatic hydroxyl groups excluding tert-OH is 2. The fourth-order valence-corrected chi connectivity index (χ4v) is 0.0500. The molecular formula is C7H18O2. The molecule has 0 amide bonds. The van der Waals surface area contributed by atoms with Crippen LogP contribution < -0.4 is 0 Å². The van der Waals surface area contributed by atoms with E-state index >= 15 is 0 Å². The van der Waals surface area contributed by atoms with Crippen LogP contribution in [0.4, 0.5) is 0 Å². The molecule has 0 unspecified atom stereocenters. The summed E-state index contributed by atoms with van der Waals surface area (Å²) in [6.45, 7) is 7.69. The highest BCUT2D eigenvalue weighted by Crippen LogP contribution is 2.10. The van der Waals surface area contributed by atoms with E-state index < -0.39 is 0 Å². The molecule has 0 spiro atoms. The maximum Gasteiger partial charge on any atom is 0.0504 e. The van der Waals surface area contributed by atoms with Crippen LogP contribution in [-0.2, 0) is 0 Å². The van der Waals surface area contributed by atoms with Crippen molar-refractivity contribution in [2.24, 2.45) is 5.41 Å². The van der Waals surface area contributed by atoms with E-state index in [4.69, 9.17) is 10.2 Å². The maximum atomic E-state index is 8.43. The van der Waals surface area contributed by atoms with Crippen LogP contribution in [0.2, 0.25) is 0 Å². The highest BCUT2D eigenvalue weighted by Gasteiger charge is 2.13. The van der Waals surface area contributed by atoms with Gasteiger partial charge in [-0.15, -0.1) is 0 Å². The van der Waals surface area contributed by atoms with Gasteiger partial charge in [0.05, 0.1) is 13.2 Å². The van der Waals surface area contributed by atoms with Crippen LogP contribution in [0.5, 0.6) is 0 Å². The first kappa shape index (κ1) is 11.7. The average molecular weight is 134 g/mol. The second kappa shape index (κ2) is 6.05. The molecule has 0 saturated carbocycles. The van der Waals surface area contributed by atoms with E-state index in [1.165, 1.54) is 0 Å². The Morgan fingerprint density at radius 3 is 1.22 bits per heavy atom. The predicted molar refractivity (Wildman–Crippen MR) is 39.3 cm³/mol. The highest BCUT2D eigenvalue weighted by molar-refractivity contribution is 4.62. The third-order valence-electron chi connectivity index (χ3n) is 0.856. The van der Waals surface area contributed by atoms with Crippen molar-refractivity contribution in [3.05, 3.63) is 0 Å². The number of aliphatic hydroxyl groups is 2. The quantitative estimate of drug-likeness (QED) is 0.592. The number of hydrogen-bond donors (Lipinski definition) is 2. The number of rotatable bonds is 2. The van der Waals surface area contributed by atoms with Crippen LogP contribution >= 0.6 is 0 Å². The van der Waals surface area contributed by atoms with E-state index in [-0.39, 0.29) is 18.6 Å². The molecule has 0 aromatic carbocycles. The summed E-state index contributed by atoms with van der Waals surface area (Å²) >= 11 is 0. The second-order valence-corrected chi connectivity index (χ2v) is 2.48. The minimum Gasteiger partial charge on any atom is -0.396 e. The van der Waals surface area contributed by atoms with Crippen LogP contribution in [0.25, 0.3) is 0 Å². The summed E-state index contributed by atoms with van der Waals surface area (Å²) in [6, 6.07) is 0. The largest absolute Gasteiger partial charge is 0.396 e. The predicted octanol–water partition coefficient (Wildman–Crippen LogP) is 1.02. The Labute approximate surface area is 57.5 Å². The average Bonchev–Trinajstić information content (AvgIpc) is 1.93. The lowest BCUT2D eigenvalue weighted by Gasteiger charge is -2.16. The van der Waals surface area contributed by atoms with E-state index in [1.807, 2.05) is 13.8 Å². The van der Waals surface area contributed by atoms with Gasteiger partial charge >= 0.3 is 0 Å². The summed E-state index contributed by atoms with van der Waals surface area (Å²) in [7, 11) is 0. The first-order chi connectivity index (χ1) is 4.12. The summed E-state index contributed by atoms with van der Waals surface area (Å²) in [5.74, 6) is 0. The Morgan fingerprint density at radius 2 is 1.22 bits per heavy atom. The summed E-state index contributed by atoms with van der Waals surface area (Å²) < 4.78 is 0. The molecular weight excluding hydrogens is 116 g/mol. The van der Waals surface area contributed by atoms with Gasteiger partial charge in [-0.3, -0.25) is 0 Å². The molecule has 2 N–H and O–H groups in total. The molecule has 0 fully saturated rings. The zero-order chi connectivity index (χ0) is 7.91. The third-order valence-corrected chi connectivity index (χ3v) is 0.856. The summed E-state index contributed by atoms with van der Waals surface area (Å²) in [5, 5.41) is 16.9. The van der Waals surface area contributed by atoms with E-state index in [0.29, 0.717) is 0 Å². The van der Waals surface area contributed by atoms with Gasteiger partial charge in [0.2, 0.25) is 0 Å². The van der Waals surface area contributed by atoms with Gasteiger partial charge in [0.15, 0.2) is 0 Å². The molecule has 0 aromatic rings. The highest BCUT2D eigenvalue weighted by atomic mass is 16.3. The van der Waals surface area contributed by atoms with Gasteiger partial charge in [-0.2, -0.15) is 0 Å². The Bertz CT molecular complexity index is 44.9. The van der Waals surface area contributed by atoms with Crippen molar-refractivity contribution >= 4 is 0 Å². The zero-order valence-electron chi connectivity index (χ0n) is 6.81. The van der Waals surface area contributed by atoms with Crippen molar-refractivity contribution in [3.63, 3.8) is 0 Å². The van der Waals surface area contributed by atoms with Crippen LogP contribution in [0, 0.1) is 5.41 Å². The van der Waals surface area contributed by atoms with Crippen molar-refractivity contribution in [1.29, 1.82) is 0 Å². The van der Waals surface area contributed by atoms with Gasteiger partial charge in [0.25, 0.3) is 0 Å². The Kier molecular flexibility index (Phi) is 7.85. The molecule has 9 heavy (non-hydrogen) atoms.